The first kappa shape index (κ1) is 21.8. The third kappa shape index (κ3) is 4.44. The van der Waals surface area contributed by atoms with Crippen molar-refractivity contribution in [2.24, 2.45) is 0 Å². The third-order valence-electron chi connectivity index (χ3n) is 5.99. The van der Waals surface area contributed by atoms with Crippen molar-refractivity contribution in [2.45, 2.75) is 33.6 Å². The quantitative estimate of drug-likeness (QED) is 0.568. The molecule has 8 nitrogen and oxygen atoms in total. The molecule has 168 valence electrons. The SMILES string of the molecule is COc1ccc2c(C)c(CCC(=O)N3CCN(c4cc(C)nc(C)n4)CC3)c(=O)oc2c1. The molecule has 0 unspecified atom stereocenters. The number of piperazine rings is 1. The first-order valence-electron chi connectivity index (χ1n) is 10.8. The molecular formula is C24H28N4O4. The molecule has 1 fully saturated rings. The molecule has 0 atom stereocenters. The van der Waals surface area contributed by atoms with Gasteiger partial charge in [0.25, 0.3) is 0 Å². The minimum atomic E-state index is -0.393. The molecule has 1 aliphatic rings. The van der Waals surface area contributed by atoms with Crippen molar-refractivity contribution in [2.75, 3.05) is 38.2 Å². The fraction of sp³-hybridized carbons (Fsp3) is 0.417. The number of methoxy groups -OCH3 is 1. The number of carbonyl (C=O) groups excluding carboxylic acids is 1. The number of fused-ring (bicyclic) bond motifs is 1. The Bertz CT molecular complexity index is 1190. The zero-order valence-electron chi connectivity index (χ0n) is 19.0. The molecule has 0 spiro atoms. The number of aromatic nitrogens is 2. The van der Waals surface area contributed by atoms with E-state index in [2.05, 4.69) is 14.9 Å². The standard InChI is InChI=1S/C24H28N4O4/c1-15-13-22(26-17(3)25-15)27-9-11-28(12-10-27)23(29)8-7-20-16(2)19-6-5-18(31-4)14-21(19)32-24(20)30/h5-6,13-14H,7-12H2,1-4H3. The fourth-order valence-corrected chi connectivity index (χ4v) is 4.22. The summed E-state index contributed by atoms with van der Waals surface area (Å²) < 4.78 is 10.7. The summed E-state index contributed by atoms with van der Waals surface area (Å²) in [6.45, 7) is 8.45. The fourth-order valence-electron chi connectivity index (χ4n) is 4.22. The Morgan fingerprint density at radius 2 is 1.84 bits per heavy atom. The molecule has 1 saturated heterocycles. The Labute approximate surface area is 186 Å². The smallest absolute Gasteiger partial charge is 0.339 e. The Balaban J connectivity index is 1.40. The molecule has 1 aromatic carbocycles. The molecule has 4 rings (SSSR count). The van der Waals surface area contributed by atoms with Crippen molar-refractivity contribution >= 4 is 22.7 Å². The number of hydrogen-bond donors (Lipinski definition) is 0. The zero-order valence-corrected chi connectivity index (χ0v) is 19.0. The Hall–Kier alpha value is -3.42. The van der Waals surface area contributed by atoms with Gasteiger partial charge in [0.2, 0.25) is 5.91 Å². The molecule has 0 bridgehead atoms. The van der Waals surface area contributed by atoms with E-state index in [9.17, 15) is 9.59 Å². The van der Waals surface area contributed by atoms with E-state index >= 15 is 0 Å². The second-order valence-electron chi connectivity index (χ2n) is 8.14. The van der Waals surface area contributed by atoms with Crippen LogP contribution in [0.25, 0.3) is 11.0 Å². The molecule has 8 heteroatoms. The number of benzene rings is 1. The highest BCUT2D eigenvalue weighted by Crippen LogP contribution is 2.24. The molecular weight excluding hydrogens is 408 g/mol. The lowest BCUT2D eigenvalue weighted by atomic mass is 10.0. The van der Waals surface area contributed by atoms with Crippen LogP contribution in [-0.4, -0.2) is 54.1 Å². The number of amides is 1. The number of hydrogen-bond acceptors (Lipinski definition) is 7. The van der Waals surface area contributed by atoms with E-state index in [1.165, 1.54) is 0 Å². The van der Waals surface area contributed by atoms with E-state index < -0.39 is 5.63 Å². The summed E-state index contributed by atoms with van der Waals surface area (Å²) in [7, 11) is 1.57. The summed E-state index contributed by atoms with van der Waals surface area (Å²) in [5.74, 6) is 2.34. The van der Waals surface area contributed by atoms with Crippen LogP contribution in [0.4, 0.5) is 5.82 Å². The summed E-state index contributed by atoms with van der Waals surface area (Å²) in [4.78, 5) is 38.3. The average molecular weight is 437 g/mol. The van der Waals surface area contributed by atoms with Crippen molar-refractivity contribution < 1.29 is 13.9 Å². The molecule has 0 radical (unpaired) electrons. The van der Waals surface area contributed by atoms with Crippen LogP contribution in [-0.2, 0) is 11.2 Å². The lowest BCUT2D eigenvalue weighted by Crippen LogP contribution is -2.49. The molecule has 0 saturated carbocycles. The average Bonchev–Trinajstić information content (AvgIpc) is 2.77. The highest BCUT2D eigenvalue weighted by Gasteiger charge is 2.23. The third-order valence-corrected chi connectivity index (χ3v) is 5.99. The van der Waals surface area contributed by atoms with Gasteiger partial charge in [0.1, 0.15) is 23.0 Å². The number of rotatable bonds is 5. The van der Waals surface area contributed by atoms with E-state index in [1.54, 1.807) is 13.2 Å². The van der Waals surface area contributed by atoms with E-state index in [1.807, 2.05) is 43.9 Å². The predicted molar refractivity (Wildman–Crippen MR) is 122 cm³/mol. The summed E-state index contributed by atoms with van der Waals surface area (Å²) in [5, 5.41) is 0.858. The minimum Gasteiger partial charge on any atom is -0.497 e. The van der Waals surface area contributed by atoms with Gasteiger partial charge in [-0.15, -0.1) is 0 Å². The Morgan fingerprint density at radius 1 is 1.09 bits per heavy atom. The van der Waals surface area contributed by atoms with E-state index in [4.69, 9.17) is 9.15 Å². The second kappa shape index (κ2) is 8.98. The monoisotopic (exact) mass is 436 g/mol. The van der Waals surface area contributed by atoms with Crippen LogP contribution >= 0.6 is 0 Å². The number of aryl methyl sites for hydroxylation is 3. The lowest BCUT2D eigenvalue weighted by molar-refractivity contribution is -0.131. The van der Waals surface area contributed by atoms with Gasteiger partial charge in [-0.25, -0.2) is 14.8 Å². The number of nitrogens with zero attached hydrogens (tertiary/aromatic N) is 4. The van der Waals surface area contributed by atoms with Crippen LogP contribution in [0.5, 0.6) is 5.75 Å². The second-order valence-corrected chi connectivity index (χ2v) is 8.14. The molecule has 1 aliphatic heterocycles. The normalized spacial score (nSPS) is 14.1. The van der Waals surface area contributed by atoms with Crippen molar-refractivity contribution in [3.63, 3.8) is 0 Å². The molecule has 0 N–H and O–H groups in total. The van der Waals surface area contributed by atoms with Crippen LogP contribution in [0.1, 0.15) is 29.1 Å². The van der Waals surface area contributed by atoms with Crippen LogP contribution < -0.4 is 15.3 Å². The van der Waals surface area contributed by atoms with Crippen molar-refractivity contribution in [3.8, 4) is 5.75 Å². The van der Waals surface area contributed by atoms with Crippen LogP contribution in [0.15, 0.2) is 33.5 Å². The minimum absolute atomic E-state index is 0.0494. The van der Waals surface area contributed by atoms with Gasteiger partial charge in [-0.2, -0.15) is 0 Å². The highest BCUT2D eigenvalue weighted by atomic mass is 16.5. The van der Waals surface area contributed by atoms with Crippen LogP contribution in [0.3, 0.4) is 0 Å². The summed E-state index contributed by atoms with van der Waals surface area (Å²) in [6, 6.07) is 7.40. The maximum absolute atomic E-state index is 12.8. The number of ether oxygens (including phenoxy) is 1. The van der Waals surface area contributed by atoms with Gasteiger partial charge in [-0.3, -0.25) is 4.79 Å². The molecule has 0 aliphatic carbocycles. The summed E-state index contributed by atoms with van der Waals surface area (Å²) in [6.07, 6.45) is 0.637. The first-order chi connectivity index (χ1) is 15.4. The molecule has 3 heterocycles. The van der Waals surface area contributed by atoms with E-state index in [0.29, 0.717) is 36.4 Å². The first-order valence-corrected chi connectivity index (χ1v) is 10.8. The summed E-state index contributed by atoms with van der Waals surface area (Å²) >= 11 is 0. The lowest BCUT2D eigenvalue weighted by Gasteiger charge is -2.35. The van der Waals surface area contributed by atoms with E-state index in [0.717, 1.165) is 41.4 Å². The Morgan fingerprint density at radius 3 is 2.53 bits per heavy atom. The Kier molecular flexibility index (Phi) is 6.12. The number of anilines is 1. The molecule has 3 aromatic rings. The van der Waals surface area contributed by atoms with Gasteiger partial charge in [-0.05, 0) is 44.9 Å². The maximum Gasteiger partial charge on any atom is 0.339 e. The van der Waals surface area contributed by atoms with Crippen molar-refractivity contribution in [1.82, 2.24) is 14.9 Å². The number of carbonyl (C=O) groups is 1. The largest absolute Gasteiger partial charge is 0.497 e. The maximum atomic E-state index is 12.8. The van der Waals surface area contributed by atoms with Crippen molar-refractivity contribution in [1.29, 1.82) is 0 Å². The predicted octanol–water partition coefficient (Wildman–Crippen LogP) is 2.80. The van der Waals surface area contributed by atoms with Gasteiger partial charge in [0, 0.05) is 61.4 Å². The highest BCUT2D eigenvalue weighted by molar-refractivity contribution is 5.83. The summed E-state index contributed by atoms with van der Waals surface area (Å²) in [5.41, 5.74) is 2.45. The van der Waals surface area contributed by atoms with Gasteiger partial charge in [0.15, 0.2) is 0 Å². The molecule has 2 aromatic heterocycles. The van der Waals surface area contributed by atoms with Crippen LogP contribution in [0.2, 0.25) is 0 Å². The molecule has 32 heavy (non-hydrogen) atoms. The molecule has 1 amide bonds. The van der Waals surface area contributed by atoms with Crippen molar-refractivity contribution in [3.05, 3.63) is 57.3 Å². The van der Waals surface area contributed by atoms with E-state index in [-0.39, 0.29) is 12.3 Å². The topological polar surface area (TPSA) is 88.8 Å². The van der Waals surface area contributed by atoms with Gasteiger partial charge in [-0.1, -0.05) is 0 Å². The van der Waals surface area contributed by atoms with Gasteiger partial charge < -0.3 is 19.0 Å². The van der Waals surface area contributed by atoms with Gasteiger partial charge >= 0.3 is 5.63 Å². The van der Waals surface area contributed by atoms with Gasteiger partial charge in [0.05, 0.1) is 7.11 Å². The zero-order chi connectivity index (χ0) is 22.8. The van der Waals surface area contributed by atoms with Crippen LogP contribution in [0, 0.1) is 20.8 Å².